The van der Waals surface area contributed by atoms with E-state index in [1.807, 2.05) is 0 Å². The molecule has 0 spiro atoms. The third-order valence-corrected chi connectivity index (χ3v) is 3.90. The van der Waals surface area contributed by atoms with Crippen LogP contribution in [0.4, 0.5) is 24.5 Å². The number of amides is 1. The number of nitrogens with zero attached hydrogens (tertiary/aromatic N) is 1. The smallest absolute Gasteiger partial charge is 0.322 e. The number of benzene rings is 3. The molecular weight excluding hydrogens is 357 g/mol. The van der Waals surface area contributed by atoms with Crippen molar-refractivity contribution in [2.75, 3.05) is 5.32 Å². The molecule has 3 aromatic rings. The van der Waals surface area contributed by atoms with Gasteiger partial charge in [0.1, 0.15) is 5.69 Å². The lowest BCUT2D eigenvalue weighted by Crippen LogP contribution is -2.13. The molecule has 0 atom stereocenters. The van der Waals surface area contributed by atoms with Gasteiger partial charge in [0, 0.05) is 11.3 Å². The van der Waals surface area contributed by atoms with Crippen molar-refractivity contribution >= 4 is 17.3 Å². The Bertz CT molecular complexity index is 983. The van der Waals surface area contributed by atoms with Crippen LogP contribution >= 0.6 is 0 Å². The van der Waals surface area contributed by atoms with Gasteiger partial charge in [0.25, 0.3) is 5.91 Å². The highest BCUT2D eigenvalue weighted by Crippen LogP contribution is 2.32. The van der Waals surface area contributed by atoms with Crippen molar-refractivity contribution in [1.29, 1.82) is 0 Å². The Morgan fingerprint density at radius 1 is 0.889 bits per heavy atom. The molecule has 0 radical (unpaired) electrons. The van der Waals surface area contributed by atoms with Crippen LogP contribution in [0.1, 0.15) is 15.9 Å². The molecule has 0 bridgehead atoms. The molecule has 0 fully saturated rings. The summed E-state index contributed by atoms with van der Waals surface area (Å²) in [6.45, 7) is 0. The number of halogens is 3. The van der Waals surface area contributed by atoms with E-state index in [1.54, 1.807) is 36.4 Å². The molecule has 0 aliphatic rings. The Morgan fingerprint density at radius 3 is 2.26 bits per heavy atom. The van der Waals surface area contributed by atoms with Crippen molar-refractivity contribution in [3.8, 4) is 11.1 Å². The molecule has 0 aromatic heterocycles. The van der Waals surface area contributed by atoms with Gasteiger partial charge in [-0.3, -0.25) is 4.79 Å². The molecule has 27 heavy (non-hydrogen) atoms. The van der Waals surface area contributed by atoms with E-state index in [0.717, 1.165) is 12.1 Å². The van der Waals surface area contributed by atoms with E-state index < -0.39 is 17.6 Å². The number of hydrogen-bond donors (Lipinski definition) is 1. The average Bonchev–Trinajstić information content (AvgIpc) is 2.67. The largest absolute Gasteiger partial charge is 0.416 e. The fraction of sp³-hybridized carbons (Fsp3) is 0.0500. The van der Waals surface area contributed by atoms with Crippen molar-refractivity contribution < 1.29 is 18.0 Å². The Balaban J connectivity index is 1.91. The van der Waals surface area contributed by atoms with Crippen LogP contribution in [0.15, 0.2) is 78.0 Å². The van der Waals surface area contributed by atoms with E-state index in [2.05, 4.69) is 10.5 Å². The lowest BCUT2D eigenvalue weighted by molar-refractivity contribution is -0.137. The van der Waals surface area contributed by atoms with Crippen LogP contribution in [0.5, 0.6) is 0 Å². The van der Waals surface area contributed by atoms with E-state index in [-0.39, 0.29) is 5.69 Å². The maximum absolute atomic E-state index is 12.7. The average molecular weight is 370 g/mol. The maximum atomic E-state index is 12.7. The zero-order valence-corrected chi connectivity index (χ0v) is 13.8. The van der Waals surface area contributed by atoms with Crippen molar-refractivity contribution in [3.63, 3.8) is 0 Å². The first kappa shape index (κ1) is 18.3. The summed E-state index contributed by atoms with van der Waals surface area (Å²) in [5.41, 5.74) is 1.07. The molecule has 0 aliphatic heterocycles. The summed E-state index contributed by atoms with van der Waals surface area (Å²) in [5.74, 6) is -0.450. The Kier molecular flexibility index (Phi) is 5.03. The van der Waals surface area contributed by atoms with E-state index in [9.17, 15) is 22.9 Å². The second kappa shape index (κ2) is 7.41. The van der Waals surface area contributed by atoms with E-state index in [4.69, 9.17) is 0 Å². The molecule has 3 rings (SSSR count). The summed E-state index contributed by atoms with van der Waals surface area (Å²) in [6, 6.07) is 17.3. The third-order valence-electron chi connectivity index (χ3n) is 3.90. The summed E-state index contributed by atoms with van der Waals surface area (Å²) in [6.07, 6.45) is -4.42. The maximum Gasteiger partial charge on any atom is 0.416 e. The molecular formula is C20H13F3N2O2. The number of alkyl halides is 3. The molecule has 136 valence electrons. The van der Waals surface area contributed by atoms with Gasteiger partial charge < -0.3 is 5.32 Å². The van der Waals surface area contributed by atoms with Crippen molar-refractivity contribution in [2.45, 2.75) is 6.18 Å². The van der Waals surface area contributed by atoms with Crippen LogP contribution in [0.25, 0.3) is 11.1 Å². The zero-order valence-electron chi connectivity index (χ0n) is 13.8. The zero-order chi connectivity index (χ0) is 19.4. The fourth-order valence-corrected chi connectivity index (χ4v) is 2.61. The van der Waals surface area contributed by atoms with Crippen LogP contribution in [0.2, 0.25) is 0 Å². The summed E-state index contributed by atoms with van der Waals surface area (Å²) < 4.78 is 38.2. The van der Waals surface area contributed by atoms with Gasteiger partial charge in [-0.05, 0) is 52.7 Å². The van der Waals surface area contributed by atoms with Crippen LogP contribution < -0.4 is 5.32 Å². The van der Waals surface area contributed by atoms with Gasteiger partial charge in [-0.15, -0.1) is 4.91 Å². The minimum Gasteiger partial charge on any atom is -0.322 e. The molecule has 0 heterocycles. The van der Waals surface area contributed by atoms with Gasteiger partial charge in [-0.25, -0.2) is 0 Å². The molecule has 4 nitrogen and oxygen atoms in total. The highest BCUT2D eigenvalue weighted by atomic mass is 19.4. The predicted octanol–water partition coefficient (Wildman–Crippen LogP) is 6.02. The van der Waals surface area contributed by atoms with Crippen LogP contribution in [0, 0.1) is 4.91 Å². The first-order valence-corrected chi connectivity index (χ1v) is 7.90. The van der Waals surface area contributed by atoms with E-state index in [0.29, 0.717) is 22.4 Å². The lowest BCUT2D eigenvalue weighted by Gasteiger charge is -2.12. The quantitative estimate of drug-likeness (QED) is 0.571. The standard InChI is InChI=1S/C20H13F3N2O2/c21-20(22,23)14-10-8-13(9-11-14)17-6-1-2-7-18(17)19(26)24-15-4-3-5-16(12-15)25-27/h1-12H,(H,24,26). The number of nitroso groups, excluding NO2 is 1. The molecule has 7 heteroatoms. The van der Waals surface area contributed by atoms with Gasteiger partial charge >= 0.3 is 6.18 Å². The molecule has 1 amide bonds. The van der Waals surface area contributed by atoms with Gasteiger partial charge in [0.15, 0.2) is 0 Å². The van der Waals surface area contributed by atoms with Crippen LogP contribution in [-0.4, -0.2) is 5.91 Å². The number of carbonyl (C=O) groups excluding carboxylic acids is 1. The van der Waals surface area contributed by atoms with Crippen molar-refractivity contribution in [3.05, 3.63) is 88.8 Å². The summed E-state index contributed by atoms with van der Waals surface area (Å²) in [4.78, 5) is 23.2. The number of carbonyl (C=O) groups is 1. The van der Waals surface area contributed by atoms with Gasteiger partial charge in [-0.1, -0.05) is 36.4 Å². The summed E-state index contributed by atoms with van der Waals surface area (Å²) in [5, 5.41) is 5.47. The number of hydrogen-bond acceptors (Lipinski definition) is 3. The van der Waals surface area contributed by atoms with Gasteiger partial charge in [-0.2, -0.15) is 13.2 Å². The Hall–Kier alpha value is -3.48. The Labute approximate surface area is 152 Å². The Morgan fingerprint density at radius 2 is 1.59 bits per heavy atom. The molecule has 0 saturated heterocycles. The van der Waals surface area contributed by atoms with Crippen LogP contribution in [-0.2, 0) is 6.18 Å². The monoisotopic (exact) mass is 370 g/mol. The highest BCUT2D eigenvalue weighted by molar-refractivity contribution is 6.08. The molecule has 0 aliphatic carbocycles. The number of rotatable bonds is 4. The summed E-state index contributed by atoms with van der Waals surface area (Å²) >= 11 is 0. The minimum absolute atomic E-state index is 0.170. The molecule has 1 N–H and O–H groups in total. The van der Waals surface area contributed by atoms with Crippen LogP contribution in [0.3, 0.4) is 0 Å². The molecule has 0 unspecified atom stereocenters. The first-order valence-electron chi connectivity index (χ1n) is 7.90. The van der Waals surface area contributed by atoms with E-state index in [1.165, 1.54) is 24.3 Å². The molecule has 3 aromatic carbocycles. The van der Waals surface area contributed by atoms with E-state index >= 15 is 0 Å². The van der Waals surface area contributed by atoms with Crippen molar-refractivity contribution in [1.82, 2.24) is 0 Å². The topological polar surface area (TPSA) is 58.5 Å². The van der Waals surface area contributed by atoms with Gasteiger partial charge in [0.05, 0.1) is 5.56 Å². The highest BCUT2D eigenvalue weighted by Gasteiger charge is 2.30. The second-order valence-corrected chi connectivity index (χ2v) is 5.72. The predicted molar refractivity (Wildman–Crippen MR) is 96.7 cm³/mol. The summed E-state index contributed by atoms with van der Waals surface area (Å²) in [7, 11) is 0. The SMILES string of the molecule is O=Nc1cccc(NC(=O)c2ccccc2-c2ccc(C(F)(F)F)cc2)c1. The third kappa shape index (κ3) is 4.20. The first-order chi connectivity index (χ1) is 12.9. The molecule has 0 saturated carbocycles. The number of nitrogens with one attached hydrogen (secondary N) is 1. The van der Waals surface area contributed by atoms with Crippen molar-refractivity contribution in [2.24, 2.45) is 5.18 Å². The number of anilines is 1. The fourth-order valence-electron chi connectivity index (χ4n) is 2.61. The normalized spacial score (nSPS) is 11.1. The minimum atomic E-state index is -4.42. The second-order valence-electron chi connectivity index (χ2n) is 5.72. The lowest BCUT2D eigenvalue weighted by atomic mass is 9.98. The van der Waals surface area contributed by atoms with Gasteiger partial charge in [0.2, 0.25) is 0 Å².